The van der Waals surface area contributed by atoms with Crippen LogP contribution in [0.1, 0.15) is 39.5 Å². The summed E-state index contributed by atoms with van der Waals surface area (Å²) in [6, 6.07) is 0. The van der Waals surface area contributed by atoms with Crippen molar-refractivity contribution in [3.63, 3.8) is 0 Å². The maximum atomic E-state index is 4.76. The zero-order chi connectivity index (χ0) is 7.54. The van der Waals surface area contributed by atoms with Crippen molar-refractivity contribution in [3.8, 4) is 0 Å². The van der Waals surface area contributed by atoms with Crippen LogP contribution < -0.4 is 0 Å². The molecule has 0 spiro atoms. The van der Waals surface area contributed by atoms with Crippen molar-refractivity contribution in [2.24, 2.45) is 0 Å². The van der Waals surface area contributed by atoms with E-state index in [0.717, 1.165) is 0 Å². The van der Waals surface area contributed by atoms with Crippen molar-refractivity contribution >= 4 is 29.0 Å². The van der Waals surface area contributed by atoms with Crippen molar-refractivity contribution in [3.05, 3.63) is 0 Å². The molecule has 0 amide bonds. The van der Waals surface area contributed by atoms with Crippen LogP contribution in [0.4, 0.5) is 0 Å². The Bertz CT molecular complexity index is 30.2. The van der Waals surface area contributed by atoms with E-state index < -0.39 is 0 Å². The quantitative estimate of drug-likeness (QED) is 0.448. The van der Waals surface area contributed by atoms with E-state index in [9.17, 15) is 0 Å². The molecular formula is C6H15BCl2. The summed E-state index contributed by atoms with van der Waals surface area (Å²) in [5.74, 6) is 0. The van der Waals surface area contributed by atoms with E-state index in [2.05, 4.69) is 13.8 Å². The molecule has 0 unspecified atom stereocenters. The Kier molecular flexibility index (Phi) is 21.7. The molecule has 0 aliphatic carbocycles. The predicted molar refractivity (Wildman–Crippen MR) is 48.7 cm³/mol. The van der Waals surface area contributed by atoms with Crippen molar-refractivity contribution in [1.29, 1.82) is 0 Å². The molecule has 0 N–H and O–H groups in total. The third-order valence-corrected chi connectivity index (χ3v) is 0.957. The molecule has 0 nitrogen and oxygen atoms in total. The van der Waals surface area contributed by atoms with Gasteiger partial charge in [0.15, 0.2) is 0 Å². The normalized spacial score (nSPS) is 7.56. The molecule has 0 radical (unpaired) electrons. The fraction of sp³-hybridized carbons (Fsp3) is 1.00. The van der Waals surface area contributed by atoms with Gasteiger partial charge < -0.3 is 0 Å². The van der Waals surface area contributed by atoms with Gasteiger partial charge in [-0.2, -0.15) is 22.9 Å². The largest absolute Gasteiger partial charge is 0.335 e. The lowest BCUT2D eigenvalue weighted by atomic mass is 10.2. The monoisotopic (exact) mass is 168 g/mol. The maximum absolute atomic E-state index is 4.76. The Hall–Kier alpha value is 0.645. The van der Waals surface area contributed by atoms with Crippen LogP contribution in [-0.2, 0) is 0 Å². The number of hydrogen-bond donors (Lipinski definition) is 0. The number of halogens is 2. The second kappa shape index (κ2) is 15.9. The molecule has 0 aliphatic rings. The fourth-order valence-corrected chi connectivity index (χ4v) is 0.500. The molecule has 0 bridgehead atoms. The van der Waals surface area contributed by atoms with Gasteiger partial charge in [0.1, 0.15) is 0 Å². The Morgan fingerprint density at radius 1 is 1.00 bits per heavy atom. The molecule has 3 heteroatoms. The molecule has 0 aromatic carbocycles. The molecule has 0 saturated heterocycles. The van der Waals surface area contributed by atoms with E-state index >= 15 is 0 Å². The molecule has 0 saturated carbocycles. The molecule has 56 valence electrons. The highest BCUT2D eigenvalue weighted by Crippen LogP contribution is 1.95. The molecule has 0 aliphatic heterocycles. The average Bonchev–Trinajstić information content (AvgIpc) is 1.86. The summed E-state index contributed by atoms with van der Waals surface area (Å²) in [5.41, 5.74) is 0. The third kappa shape index (κ3) is 28.7. The summed E-state index contributed by atoms with van der Waals surface area (Å²) in [5, 5.41) is 0. The summed E-state index contributed by atoms with van der Waals surface area (Å²) < 4.78 is 0. The number of rotatable bonds is 3. The van der Waals surface area contributed by atoms with Gasteiger partial charge in [0, 0.05) is 0 Å². The molecule has 9 heavy (non-hydrogen) atoms. The zero-order valence-electron chi connectivity index (χ0n) is 6.29. The van der Waals surface area contributed by atoms with Gasteiger partial charge in [-0.05, 0) is 0 Å². The van der Waals surface area contributed by atoms with Gasteiger partial charge in [0.2, 0.25) is 0 Å². The lowest BCUT2D eigenvalue weighted by molar-refractivity contribution is 0.702. The van der Waals surface area contributed by atoms with Crippen LogP contribution in [0.25, 0.3) is 0 Å². The lowest BCUT2D eigenvalue weighted by Crippen LogP contribution is -1.66. The molecule has 0 heterocycles. The van der Waals surface area contributed by atoms with Gasteiger partial charge in [-0.25, -0.2) is 0 Å². The first-order chi connectivity index (χ1) is 4.33. The average molecular weight is 169 g/mol. The Morgan fingerprint density at radius 3 is 1.33 bits per heavy atom. The number of unbranched alkanes of at least 4 members (excludes halogenated alkanes) is 3. The SMILES string of the molecule is CCCCCC.ClBCl. The number of hydrogen-bond acceptors (Lipinski definition) is 0. The lowest BCUT2D eigenvalue weighted by Gasteiger charge is -1.86. The van der Waals surface area contributed by atoms with Crippen molar-refractivity contribution in [1.82, 2.24) is 0 Å². The highest BCUT2D eigenvalue weighted by molar-refractivity contribution is 7.22. The minimum Gasteiger partial charge on any atom is -0.177 e. The summed E-state index contributed by atoms with van der Waals surface area (Å²) in [6.07, 6.45) is 5.73. The Morgan fingerprint density at radius 2 is 1.22 bits per heavy atom. The summed E-state index contributed by atoms with van der Waals surface area (Å²) in [7, 11) is 0. The second-order valence-electron chi connectivity index (χ2n) is 1.81. The highest BCUT2D eigenvalue weighted by Gasteiger charge is 1.75. The first-order valence-electron chi connectivity index (χ1n) is 3.45. The van der Waals surface area contributed by atoms with Gasteiger partial charge >= 0.3 is 6.11 Å². The zero-order valence-corrected chi connectivity index (χ0v) is 7.80. The van der Waals surface area contributed by atoms with Crippen LogP contribution in [0.2, 0.25) is 0 Å². The Balaban J connectivity index is 0. The van der Waals surface area contributed by atoms with Crippen LogP contribution in [0, 0.1) is 0 Å². The van der Waals surface area contributed by atoms with Gasteiger partial charge in [0.05, 0.1) is 0 Å². The first kappa shape index (κ1) is 12.3. The van der Waals surface area contributed by atoms with Crippen LogP contribution in [0.5, 0.6) is 0 Å². The maximum Gasteiger partial charge on any atom is 0.335 e. The molecule has 0 atom stereocenters. The predicted octanol–water partition coefficient (Wildman–Crippen LogP) is 3.32. The van der Waals surface area contributed by atoms with E-state index in [1.54, 1.807) is 0 Å². The fourth-order valence-electron chi connectivity index (χ4n) is 0.500. The first-order valence-corrected chi connectivity index (χ1v) is 4.52. The van der Waals surface area contributed by atoms with E-state index in [0.29, 0.717) is 0 Å². The van der Waals surface area contributed by atoms with Gasteiger partial charge in [-0.15, -0.1) is 0 Å². The van der Waals surface area contributed by atoms with Crippen molar-refractivity contribution < 1.29 is 0 Å². The van der Waals surface area contributed by atoms with E-state index in [1.807, 2.05) is 0 Å². The third-order valence-electron chi connectivity index (χ3n) is 0.957. The van der Waals surface area contributed by atoms with Crippen molar-refractivity contribution in [2.45, 2.75) is 39.5 Å². The van der Waals surface area contributed by atoms with Gasteiger partial charge in [-0.3, -0.25) is 0 Å². The van der Waals surface area contributed by atoms with Crippen LogP contribution in [-0.4, -0.2) is 6.11 Å². The minimum absolute atomic E-state index is 0.194. The van der Waals surface area contributed by atoms with Gasteiger partial charge in [-0.1, -0.05) is 39.5 Å². The molecule has 0 aromatic rings. The molecular weight excluding hydrogens is 154 g/mol. The summed E-state index contributed by atoms with van der Waals surface area (Å²) in [6.45, 7) is 4.46. The van der Waals surface area contributed by atoms with Crippen LogP contribution in [0.15, 0.2) is 0 Å². The minimum atomic E-state index is 0.194. The molecule has 0 fully saturated rings. The Labute approximate surface area is 69.0 Å². The standard InChI is InChI=1S/C6H14.BCl2H/c1-3-5-6-4-2;2-1-3/h3-6H2,1-2H3;1H. The topological polar surface area (TPSA) is 0 Å². The summed E-state index contributed by atoms with van der Waals surface area (Å²) >= 11 is 9.53. The van der Waals surface area contributed by atoms with Crippen LogP contribution >= 0.6 is 22.9 Å². The van der Waals surface area contributed by atoms with Crippen LogP contribution in [0.3, 0.4) is 0 Å². The highest BCUT2D eigenvalue weighted by atomic mass is 35.5. The van der Waals surface area contributed by atoms with E-state index in [-0.39, 0.29) is 6.11 Å². The molecule has 0 aromatic heterocycles. The molecule has 0 rings (SSSR count). The van der Waals surface area contributed by atoms with E-state index in [4.69, 9.17) is 22.9 Å². The smallest absolute Gasteiger partial charge is 0.177 e. The van der Waals surface area contributed by atoms with Crippen molar-refractivity contribution in [2.75, 3.05) is 0 Å². The second-order valence-corrected chi connectivity index (χ2v) is 2.62. The van der Waals surface area contributed by atoms with Gasteiger partial charge in [0.25, 0.3) is 0 Å². The van der Waals surface area contributed by atoms with E-state index in [1.165, 1.54) is 25.7 Å². The summed E-state index contributed by atoms with van der Waals surface area (Å²) in [4.78, 5) is 0.